The molecule has 2 heterocycles. The van der Waals surface area contributed by atoms with Crippen LogP contribution in [0.25, 0.3) is 0 Å². The number of rotatable bonds is 2. The van der Waals surface area contributed by atoms with E-state index in [0.717, 1.165) is 12.4 Å². The van der Waals surface area contributed by atoms with E-state index in [1.807, 2.05) is 4.90 Å². The monoisotopic (exact) mass is 332 g/mol. The topological polar surface area (TPSA) is 67.3 Å². The summed E-state index contributed by atoms with van der Waals surface area (Å²) in [7, 11) is 0. The highest BCUT2D eigenvalue weighted by Gasteiger charge is 2.35. The molecule has 1 aliphatic rings. The molecule has 0 bridgehead atoms. The van der Waals surface area contributed by atoms with E-state index in [9.17, 15) is 18.0 Å². The molecule has 1 fully saturated rings. The number of carbonyl (C=O) groups excluding carboxylic acids is 1. The molecule has 0 aromatic carbocycles. The Morgan fingerprint density at radius 2 is 1.91 bits per heavy atom. The van der Waals surface area contributed by atoms with Gasteiger partial charge in [0.1, 0.15) is 5.60 Å². The lowest BCUT2D eigenvalue weighted by atomic mass is 10.2. The van der Waals surface area contributed by atoms with Crippen molar-refractivity contribution in [3.8, 4) is 0 Å². The van der Waals surface area contributed by atoms with Crippen LogP contribution in [0.5, 0.6) is 0 Å². The van der Waals surface area contributed by atoms with Crippen molar-refractivity contribution < 1.29 is 22.7 Å². The van der Waals surface area contributed by atoms with Crippen molar-refractivity contribution in [2.24, 2.45) is 0 Å². The lowest BCUT2D eigenvalue weighted by Crippen LogP contribution is -2.40. The van der Waals surface area contributed by atoms with Gasteiger partial charge in [0.15, 0.2) is 0 Å². The van der Waals surface area contributed by atoms with Crippen LogP contribution in [-0.2, 0) is 10.9 Å². The maximum Gasteiger partial charge on any atom is 0.451 e. The normalized spacial score (nSPS) is 18.9. The molecule has 1 amide bonds. The van der Waals surface area contributed by atoms with Crippen LogP contribution >= 0.6 is 0 Å². The van der Waals surface area contributed by atoms with Gasteiger partial charge in [-0.2, -0.15) is 13.2 Å². The maximum atomic E-state index is 12.4. The van der Waals surface area contributed by atoms with Gasteiger partial charge in [-0.25, -0.2) is 14.8 Å². The predicted octanol–water partition coefficient (Wildman–Crippen LogP) is 2.60. The molecule has 128 valence electrons. The number of halogens is 3. The molecule has 2 rings (SSSR count). The van der Waals surface area contributed by atoms with Gasteiger partial charge in [0.2, 0.25) is 5.82 Å². The summed E-state index contributed by atoms with van der Waals surface area (Å²) in [5, 5.41) is 2.75. The molecule has 0 aliphatic carbocycles. The molecule has 1 aliphatic heterocycles. The Balaban J connectivity index is 1.91. The van der Waals surface area contributed by atoms with Crippen molar-refractivity contribution in [3.63, 3.8) is 0 Å². The van der Waals surface area contributed by atoms with Crippen molar-refractivity contribution in [2.45, 2.75) is 45.0 Å². The van der Waals surface area contributed by atoms with Crippen LogP contribution in [0.2, 0.25) is 0 Å². The fourth-order valence-corrected chi connectivity index (χ4v) is 2.22. The Bertz CT molecular complexity index is 555. The van der Waals surface area contributed by atoms with Gasteiger partial charge in [-0.1, -0.05) is 0 Å². The summed E-state index contributed by atoms with van der Waals surface area (Å²) in [4.78, 5) is 20.2. The standard InChI is InChI=1S/C14H19F3N4O2/c1-13(2,3)23-12(22)20-9-4-5-21(8-9)10-6-18-11(19-7-10)14(15,16)17/h6-7,9H,4-5,8H2,1-3H3,(H,20,22)/t9-/m1/s1. The van der Waals surface area contributed by atoms with Crippen LogP contribution in [0.1, 0.15) is 33.0 Å². The van der Waals surface area contributed by atoms with Crippen LogP contribution in [0.15, 0.2) is 12.4 Å². The van der Waals surface area contributed by atoms with Gasteiger partial charge in [0.05, 0.1) is 24.1 Å². The zero-order valence-corrected chi connectivity index (χ0v) is 13.1. The quantitative estimate of drug-likeness (QED) is 0.902. The number of anilines is 1. The fraction of sp³-hybridized carbons (Fsp3) is 0.643. The van der Waals surface area contributed by atoms with Gasteiger partial charge in [-0.05, 0) is 27.2 Å². The Labute approximate surface area is 132 Å². The number of hydrogen-bond acceptors (Lipinski definition) is 5. The number of aromatic nitrogens is 2. The first-order chi connectivity index (χ1) is 10.5. The third kappa shape index (κ3) is 4.97. The summed E-state index contributed by atoms with van der Waals surface area (Å²) in [6.45, 7) is 6.37. The molecule has 9 heteroatoms. The van der Waals surface area contributed by atoms with E-state index in [4.69, 9.17) is 4.74 Å². The van der Waals surface area contributed by atoms with Gasteiger partial charge < -0.3 is 15.0 Å². The minimum Gasteiger partial charge on any atom is -0.444 e. The van der Waals surface area contributed by atoms with E-state index in [1.54, 1.807) is 20.8 Å². The highest BCUT2D eigenvalue weighted by Crippen LogP contribution is 2.27. The molecule has 1 aromatic rings. The molecule has 1 saturated heterocycles. The molecule has 0 radical (unpaired) electrons. The molecule has 1 atom stereocenters. The molecule has 1 aromatic heterocycles. The van der Waals surface area contributed by atoms with Crippen LogP contribution in [0.3, 0.4) is 0 Å². The van der Waals surface area contributed by atoms with E-state index in [-0.39, 0.29) is 6.04 Å². The molecular weight excluding hydrogens is 313 g/mol. The minimum atomic E-state index is -4.55. The first kappa shape index (κ1) is 17.3. The van der Waals surface area contributed by atoms with Gasteiger partial charge in [-0.3, -0.25) is 0 Å². The van der Waals surface area contributed by atoms with Crippen LogP contribution in [0, 0.1) is 0 Å². The number of hydrogen-bond donors (Lipinski definition) is 1. The van der Waals surface area contributed by atoms with Gasteiger partial charge in [0, 0.05) is 13.1 Å². The number of alkyl halides is 3. The highest BCUT2D eigenvalue weighted by atomic mass is 19.4. The lowest BCUT2D eigenvalue weighted by molar-refractivity contribution is -0.145. The first-order valence-corrected chi connectivity index (χ1v) is 7.18. The molecular formula is C14H19F3N4O2. The van der Waals surface area contributed by atoms with Crippen molar-refractivity contribution in [1.82, 2.24) is 15.3 Å². The van der Waals surface area contributed by atoms with Gasteiger partial charge in [0.25, 0.3) is 0 Å². The number of carbonyl (C=O) groups is 1. The second kappa shape index (κ2) is 6.21. The van der Waals surface area contributed by atoms with Gasteiger partial charge >= 0.3 is 12.3 Å². The van der Waals surface area contributed by atoms with E-state index >= 15 is 0 Å². The lowest BCUT2D eigenvalue weighted by Gasteiger charge is -2.22. The van der Waals surface area contributed by atoms with E-state index < -0.39 is 23.7 Å². The Morgan fingerprint density at radius 1 is 1.30 bits per heavy atom. The second-order valence-corrected chi connectivity index (χ2v) is 6.34. The Hall–Kier alpha value is -2.06. The SMILES string of the molecule is CC(C)(C)OC(=O)N[C@@H]1CCN(c2cnc(C(F)(F)F)nc2)C1. The minimum absolute atomic E-state index is 0.132. The Morgan fingerprint density at radius 3 is 2.43 bits per heavy atom. The van der Waals surface area contributed by atoms with Crippen molar-refractivity contribution >= 4 is 11.8 Å². The van der Waals surface area contributed by atoms with Crippen LogP contribution in [-0.4, -0.2) is 40.8 Å². The number of ether oxygens (including phenoxy) is 1. The van der Waals surface area contributed by atoms with E-state index in [2.05, 4.69) is 15.3 Å². The Kier molecular flexibility index (Phi) is 4.67. The first-order valence-electron chi connectivity index (χ1n) is 7.18. The highest BCUT2D eigenvalue weighted by molar-refractivity contribution is 5.68. The average Bonchev–Trinajstić information content (AvgIpc) is 2.84. The predicted molar refractivity (Wildman–Crippen MR) is 77.0 cm³/mol. The zero-order valence-electron chi connectivity index (χ0n) is 13.1. The maximum absolute atomic E-state index is 12.4. The molecule has 23 heavy (non-hydrogen) atoms. The van der Waals surface area contributed by atoms with Crippen LogP contribution in [0.4, 0.5) is 23.7 Å². The summed E-state index contributed by atoms with van der Waals surface area (Å²) in [5.74, 6) is -1.16. The molecule has 6 nitrogen and oxygen atoms in total. The molecule has 0 spiro atoms. The number of nitrogens with zero attached hydrogens (tertiary/aromatic N) is 3. The molecule has 0 unspecified atom stereocenters. The number of alkyl carbamates (subject to hydrolysis) is 1. The van der Waals surface area contributed by atoms with E-state index in [0.29, 0.717) is 25.2 Å². The average molecular weight is 332 g/mol. The van der Waals surface area contributed by atoms with Gasteiger partial charge in [-0.15, -0.1) is 0 Å². The van der Waals surface area contributed by atoms with Crippen LogP contribution < -0.4 is 10.2 Å². The molecule has 0 saturated carbocycles. The zero-order chi connectivity index (χ0) is 17.3. The van der Waals surface area contributed by atoms with E-state index in [1.165, 1.54) is 0 Å². The third-order valence-corrected chi connectivity index (χ3v) is 3.17. The van der Waals surface area contributed by atoms with Crippen molar-refractivity contribution in [2.75, 3.05) is 18.0 Å². The summed E-state index contributed by atoms with van der Waals surface area (Å²) < 4.78 is 42.5. The number of nitrogens with one attached hydrogen (secondary N) is 1. The van der Waals surface area contributed by atoms with Crippen molar-refractivity contribution in [3.05, 3.63) is 18.2 Å². The van der Waals surface area contributed by atoms with Crippen molar-refractivity contribution in [1.29, 1.82) is 0 Å². The summed E-state index contributed by atoms with van der Waals surface area (Å²) in [5.41, 5.74) is -0.0876. The summed E-state index contributed by atoms with van der Waals surface area (Å²) in [6.07, 6.45) is -2.10. The summed E-state index contributed by atoms with van der Waals surface area (Å²) in [6, 6.07) is -0.132. The largest absolute Gasteiger partial charge is 0.451 e. The fourth-order valence-electron chi connectivity index (χ4n) is 2.22. The summed E-state index contributed by atoms with van der Waals surface area (Å²) >= 11 is 0. The smallest absolute Gasteiger partial charge is 0.444 e. The number of amides is 1. The second-order valence-electron chi connectivity index (χ2n) is 6.34. The molecule has 1 N–H and O–H groups in total. The third-order valence-electron chi connectivity index (χ3n) is 3.17.